The number of benzene rings is 4. The molecule has 4 aromatic carbocycles. The number of nitrogens with zero attached hydrogens (tertiary/aromatic N) is 3. The summed E-state index contributed by atoms with van der Waals surface area (Å²) >= 11 is 12.2. The number of carbonyl (C=O) groups is 1. The molecule has 4 bridgehead atoms. The number of halogens is 12. The van der Waals surface area contributed by atoms with Crippen molar-refractivity contribution in [3.63, 3.8) is 0 Å². The van der Waals surface area contributed by atoms with Gasteiger partial charge in [-0.2, -0.15) is 35.0 Å². The Bertz CT molecular complexity index is 3010. The van der Waals surface area contributed by atoms with Gasteiger partial charge in [0.1, 0.15) is 23.3 Å². The van der Waals surface area contributed by atoms with E-state index in [-0.39, 0.29) is 98.8 Å². The molecule has 11 nitrogen and oxygen atoms in total. The van der Waals surface area contributed by atoms with Crippen molar-refractivity contribution in [1.82, 2.24) is 18.8 Å². The van der Waals surface area contributed by atoms with Crippen LogP contribution in [0.3, 0.4) is 0 Å². The van der Waals surface area contributed by atoms with Gasteiger partial charge < -0.3 is 15.5 Å². The van der Waals surface area contributed by atoms with E-state index in [0.29, 0.717) is 45.8 Å². The average molecular weight is 1150 g/mol. The topological polar surface area (TPSA) is 148 Å². The maximum absolute atomic E-state index is 15.7. The predicted octanol–water partition coefficient (Wildman–Crippen LogP) is 10.0. The SMILES string of the molecule is CCc1c(F)c(C=O)cc(F)c1-c1ccc(C(C)(O)C(F)(F)F)cc1Cl.CCc1c(F)c(CN2CC3CCC(C2)N3S(C)(=O)=O)cc(F)c1-c1ccc(C(C)(O)C(F)(F)F)cc1Cl.CS(=O)(=O)N1C2CCC1CNC2. The first-order chi connectivity index (χ1) is 34.6. The van der Waals surface area contributed by atoms with Crippen molar-refractivity contribution in [3.05, 3.63) is 115 Å². The fourth-order valence-corrected chi connectivity index (χ4v) is 13.8. The molecule has 0 spiro atoms. The van der Waals surface area contributed by atoms with Crippen LogP contribution in [0.1, 0.15) is 91.6 Å². The minimum Gasteiger partial charge on any atom is -0.376 e. The fraction of sp³-hybridized carbons (Fsp3) is 0.500. The Morgan fingerprint density at radius 1 is 0.640 bits per heavy atom. The molecule has 0 aliphatic carbocycles. The number of likely N-dealkylation sites (tertiary alicyclic amines) is 1. The highest BCUT2D eigenvalue weighted by Gasteiger charge is 2.52. The van der Waals surface area contributed by atoms with Gasteiger partial charge in [-0.05, 0) is 98.9 Å². The van der Waals surface area contributed by atoms with Crippen LogP contribution in [0.5, 0.6) is 0 Å². The number of alkyl halides is 6. The Hall–Kier alpha value is -3.91. The molecule has 4 aromatic rings. The second kappa shape index (κ2) is 22.4. The van der Waals surface area contributed by atoms with E-state index in [9.17, 15) is 67.0 Å². The normalized spacial score (nSPS) is 22.1. The van der Waals surface area contributed by atoms with Crippen LogP contribution >= 0.6 is 23.2 Å². The van der Waals surface area contributed by atoms with Crippen LogP contribution in [0.25, 0.3) is 22.3 Å². The third-order valence-corrected chi connectivity index (χ3v) is 17.6. The molecule has 4 aliphatic rings. The molecule has 3 N–H and O–H groups in total. The number of sulfonamides is 2. The standard InChI is InChI=1S/C25H28ClF5N2O3S.C18H14ClF5O2.C7H14N2O2S/c1-4-18-22(19-8-5-15(10-20(19)26)24(2,34)25(29,30)31)21(27)9-14(23(18)28)11-32-12-16-6-7-17(13-32)33(16)37(3,35)36;1-3-11-15(14(20)6-9(8-25)16(11)21)12-5-4-10(7-13(12)19)17(2,26)18(22,23)24;1-12(10,11)9-6-2-3-7(9)5-8-4-6/h5,8-10,16-17,34H,4,6-7,11-13H2,1-3H3;4-8,26H,3H2,1-2H3;6-8H,2-5H2,1H3. The van der Waals surface area contributed by atoms with Gasteiger partial charge in [0.05, 0.1) is 18.1 Å². The number of hydrogen-bond acceptors (Lipinski definition) is 9. The first-order valence-electron chi connectivity index (χ1n) is 23.6. The van der Waals surface area contributed by atoms with Crippen LogP contribution in [-0.2, 0) is 50.6 Å². The summed E-state index contributed by atoms with van der Waals surface area (Å²) in [5.41, 5.74) is -8.24. The van der Waals surface area contributed by atoms with Crippen molar-refractivity contribution in [2.75, 3.05) is 38.7 Å². The third-order valence-electron chi connectivity index (χ3n) is 14.2. The van der Waals surface area contributed by atoms with Crippen molar-refractivity contribution >= 4 is 49.5 Å². The summed E-state index contributed by atoms with van der Waals surface area (Å²) in [4.78, 5) is 12.8. The van der Waals surface area contributed by atoms with Crippen molar-refractivity contribution in [1.29, 1.82) is 0 Å². The number of carbonyl (C=O) groups excluding carboxylic acids is 1. The van der Waals surface area contributed by atoms with E-state index >= 15 is 8.78 Å². The van der Waals surface area contributed by atoms with E-state index in [2.05, 4.69) is 5.32 Å². The van der Waals surface area contributed by atoms with E-state index in [1.54, 1.807) is 11.2 Å². The fourth-order valence-electron chi connectivity index (χ4n) is 10.4. The Kier molecular flexibility index (Phi) is 18.1. The van der Waals surface area contributed by atoms with Crippen molar-refractivity contribution in [2.45, 2.75) is 120 Å². The molecule has 8 rings (SSSR count). The summed E-state index contributed by atoms with van der Waals surface area (Å²) in [5.74, 6) is -3.26. The van der Waals surface area contributed by atoms with Gasteiger partial charge >= 0.3 is 12.4 Å². The second-order valence-corrected chi connectivity index (χ2v) is 24.1. The van der Waals surface area contributed by atoms with Crippen LogP contribution in [0, 0.1) is 23.3 Å². The molecule has 6 unspecified atom stereocenters. The maximum Gasteiger partial charge on any atom is 0.421 e. The van der Waals surface area contributed by atoms with E-state index in [0.717, 1.165) is 68.4 Å². The molecular weight excluding hydrogens is 1090 g/mol. The number of piperazine rings is 2. The number of fused-ring (bicyclic) bond motifs is 4. The number of aldehydes is 1. The Labute approximate surface area is 438 Å². The van der Waals surface area contributed by atoms with Gasteiger partial charge in [0.25, 0.3) is 0 Å². The van der Waals surface area contributed by atoms with Crippen LogP contribution in [-0.4, -0.2) is 122 Å². The van der Waals surface area contributed by atoms with E-state index in [4.69, 9.17) is 23.2 Å². The maximum atomic E-state index is 15.7. The minimum absolute atomic E-state index is 0.0167. The first-order valence-corrected chi connectivity index (χ1v) is 28.1. The van der Waals surface area contributed by atoms with E-state index < -0.39 is 83.6 Å². The van der Waals surface area contributed by atoms with Crippen LogP contribution in [0.2, 0.25) is 10.0 Å². The average Bonchev–Trinajstić information content (AvgIpc) is 3.76. The zero-order valence-corrected chi connectivity index (χ0v) is 44.6. The summed E-state index contributed by atoms with van der Waals surface area (Å²) in [7, 11) is -6.33. The highest BCUT2D eigenvalue weighted by atomic mass is 35.5. The quantitative estimate of drug-likeness (QED) is 0.0987. The predicted molar refractivity (Wildman–Crippen MR) is 264 cm³/mol. The molecule has 4 heterocycles. The van der Waals surface area contributed by atoms with Crippen molar-refractivity contribution in [2.24, 2.45) is 0 Å². The molecule has 414 valence electrons. The number of rotatable bonds is 11. The van der Waals surface area contributed by atoms with Gasteiger partial charge in [0.2, 0.25) is 20.0 Å². The summed E-state index contributed by atoms with van der Waals surface area (Å²) < 4.78 is 189. The lowest BCUT2D eigenvalue weighted by molar-refractivity contribution is -0.259. The molecule has 4 aliphatic heterocycles. The number of nitrogens with one attached hydrogen (secondary N) is 1. The lowest BCUT2D eigenvalue weighted by atomic mass is 9.90. The van der Waals surface area contributed by atoms with Gasteiger partial charge in [-0.1, -0.05) is 61.3 Å². The van der Waals surface area contributed by atoms with Gasteiger partial charge in [0.15, 0.2) is 17.5 Å². The first kappa shape index (κ1) is 60.3. The zero-order valence-electron chi connectivity index (χ0n) is 41.4. The van der Waals surface area contributed by atoms with Crippen LogP contribution in [0.15, 0.2) is 48.5 Å². The number of hydrogen-bond donors (Lipinski definition) is 3. The van der Waals surface area contributed by atoms with Crippen molar-refractivity contribution < 1.29 is 75.7 Å². The molecule has 75 heavy (non-hydrogen) atoms. The third kappa shape index (κ3) is 12.4. The molecule has 0 radical (unpaired) electrons. The second-order valence-electron chi connectivity index (χ2n) is 19.5. The summed E-state index contributed by atoms with van der Waals surface area (Å²) in [6, 6.07) is 7.72. The molecule has 0 amide bonds. The lowest BCUT2D eigenvalue weighted by Gasteiger charge is -2.39. The van der Waals surface area contributed by atoms with Crippen LogP contribution in [0.4, 0.5) is 43.9 Å². The molecule has 25 heteroatoms. The zero-order chi connectivity index (χ0) is 56.1. The molecule has 6 atom stereocenters. The highest BCUT2D eigenvalue weighted by Crippen LogP contribution is 2.45. The van der Waals surface area contributed by atoms with Gasteiger partial charge in [-0.3, -0.25) is 9.69 Å². The molecule has 0 saturated carbocycles. The molecular formula is C50H56Cl2F10N4O7S2. The van der Waals surface area contributed by atoms with Gasteiger partial charge in [-0.25, -0.2) is 34.4 Å². The lowest BCUT2D eigenvalue weighted by Crippen LogP contribution is -2.55. The van der Waals surface area contributed by atoms with E-state index in [1.807, 2.05) is 4.90 Å². The largest absolute Gasteiger partial charge is 0.421 e. The van der Waals surface area contributed by atoms with E-state index in [1.165, 1.54) is 23.7 Å². The Balaban J connectivity index is 0.000000207. The highest BCUT2D eigenvalue weighted by molar-refractivity contribution is 7.88. The molecule has 0 aromatic heterocycles. The Morgan fingerprint density at radius 2 is 1.03 bits per heavy atom. The smallest absolute Gasteiger partial charge is 0.376 e. The van der Waals surface area contributed by atoms with Gasteiger partial charge in [0, 0.05) is 94.8 Å². The molecule has 4 fully saturated rings. The monoisotopic (exact) mass is 1150 g/mol. The van der Waals surface area contributed by atoms with Gasteiger partial charge in [-0.15, -0.1) is 0 Å². The summed E-state index contributed by atoms with van der Waals surface area (Å²) in [6.07, 6.45) is -3.68. The van der Waals surface area contributed by atoms with Crippen LogP contribution < -0.4 is 5.32 Å². The number of aliphatic hydroxyl groups is 2. The summed E-state index contributed by atoms with van der Waals surface area (Å²) in [6.45, 7) is 6.86. The minimum atomic E-state index is -4.96. The molecule has 4 saturated heterocycles. The van der Waals surface area contributed by atoms with Crippen molar-refractivity contribution in [3.8, 4) is 22.3 Å². The summed E-state index contributed by atoms with van der Waals surface area (Å²) in [5, 5.41) is 22.4. The Morgan fingerprint density at radius 3 is 1.39 bits per heavy atom.